The lowest BCUT2D eigenvalue weighted by Gasteiger charge is -2.19. The molecule has 126 valence electrons. The summed E-state index contributed by atoms with van der Waals surface area (Å²) < 4.78 is 11.1. The molecule has 1 aromatic carbocycles. The third kappa shape index (κ3) is 7.13. The molecular formula is C19H26O4. The van der Waals surface area contributed by atoms with E-state index in [4.69, 9.17) is 9.47 Å². The number of carbonyl (C=O) groups excluding carboxylic acids is 2. The summed E-state index contributed by atoms with van der Waals surface area (Å²) in [5.41, 5.74) is 0.967. The Labute approximate surface area is 138 Å². The summed E-state index contributed by atoms with van der Waals surface area (Å²) in [5.74, 6) is 0.122. The van der Waals surface area contributed by atoms with Crippen molar-refractivity contribution in [2.75, 3.05) is 0 Å². The Kier molecular flexibility index (Phi) is 8.09. The lowest BCUT2D eigenvalue weighted by molar-refractivity contribution is -0.159. The van der Waals surface area contributed by atoms with Gasteiger partial charge in [0.15, 0.2) is 5.78 Å². The van der Waals surface area contributed by atoms with Gasteiger partial charge in [0.05, 0.1) is 0 Å². The van der Waals surface area contributed by atoms with Gasteiger partial charge in [-0.2, -0.15) is 0 Å². The zero-order chi connectivity index (χ0) is 17.2. The second kappa shape index (κ2) is 9.82. The van der Waals surface area contributed by atoms with Crippen LogP contribution in [0.25, 0.3) is 0 Å². The highest BCUT2D eigenvalue weighted by Gasteiger charge is 2.16. The van der Waals surface area contributed by atoms with Crippen molar-refractivity contribution in [2.24, 2.45) is 0 Å². The zero-order valence-corrected chi connectivity index (χ0v) is 14.3. The maximum Gasteiger partial charge on any atom is 0.336 e. The Hall–Kier alpha value is -2.10. The molecule has 0 spiro atoms. The first-order valence-electron chi connectivity index (χ1n) is 8.08. The molecule has 1 aromatic rings. The van der Waals surface area contributed by atoms with Crippen molar-refractivity contribution in [3.63, 3.8) is 0 Å². The molecule has 1 rings (SSSR count). The van der Waals surface area contributed by atoms with E-state index in [0.29, 0.717) is 23.3 Å². The van der Waals surface area contributed by atoms with Gasteiger partial charge in [0.25, 0.3) is 0 Å². The molecule has 0 aliphatic heterocycles. The van der Waals surface area contributed by atoms with Gasteiger partial charge >= 0.3 is 5.97 Å². The number of hydrogen-bond donors (Lipinski definition) is 0. The molecule has 4 nitrogen and oxygen atoms in total. The van der Waals surface area contributed by atoms with E-state index in [1.807, 2.05) is 0 Å². The SMILES string of the molecule is C=C(C)C(=O)OC(CCCCCC)Oc1ccc(C(C)=O)cc1. The van der Waals surface area contributed by atoms with E-state index < -0.39 is 12.3 Å². The van der Waals surface area contributed by atoms with Crippen molar-refractivity contribution in [1.29, 1.82) is 0 Å². The zero-order valence-electron chi connectivity index (χ0n) is 14.3. The smallest absolute Gasteiger partial charge is 0.336 e. The predicted octanol–water partition coefficient (Wildman–Crippen LogP) is 4.68. The number of unbranched alkanes of at least 4 members (excludes halogenated alkanes) is 3. The van der Waals surface area contributed by atoms with Crippen molar-refractivity contribution >= 4 is 11.8 Å². The molecule has 0 saturated heterocycles. The van der Waals surface area contributed by atoms with E-state index in [-0.39, 0.29) is 5.78 Å². The molecular weight excluding hydrogens is 292 g/mol. The molecule has 0 radical (unpaired) electrons. The normalized spacial score (nSPS) is 11.6. The minimum absolute atomic E-state index is 0.00127. The average Bonchev–Trinajstić information content (AvgIpc) is 2.51. The first kappa shape index (κ1) is 18.9. The fourth-order valence-electron chi connectivity index (χ4n) is 2.02. The summed E-state index contributed by atoms with van der Waals surface area (Å²) in [6.07, 6.45) is 4.28. The number of ether oxygens (including phenoxy) is 2. The van der Waals surface area contributed by atoms with Gasteiger partial charge < -0.3 is 9.47 Å². The summed E-state index contributed by atoms with van der Waals surface area (Å²) in [6.45, 7) is 8.86. The lowest BCUT2D eigenvalue weighted by atomic mass is 10.1. The van der Waals surface area contributed by atoms with Crippen LogP contribution in [0.3, 0.4) is 0 Å². The topological polar surface area (TPSA) is 52.6 Å². The van der Waals surface area contributed by atoms with Crippen molar-refractivity contribution in [2.45, 2.75) is 59.2 Å². The molecule has 0 bridgehead atoms. The quantitative estimate of drug-likeness (QED) is 0.206. The molecule has 4 heteroatoms. The predicted molar refractivity (Wildman–Crippen MR) is 90.5 cm³/mol. The van der Waals surface area contributed by atoms with Crippen LogP contribution in [0.1, 0.15) is 63.2 Å². The Bertz CT molecular complexity index is 531. The van der Waals surface area contributed by atoms with Crippen molar-refractivity contribution in [1.82, 2.24) is 0 Å². The van der Waals surface area contributed by atoms with Crippen LogP contribution in [0, 0.1) is 0 Å². The van der Waals surface area contributed by atoms with Crippen molar-refractivity contribution in [3.05, 3.63) is 42.0 Å². The van der Waals surface area contributed by atoms with Crippen LogP contribution >= 0.6 is 0 Å². The van der Waals surface area contributed by atoms with Gasteiger partial charge in [-0.05, 0) is 44.5 Å². The van der Waals surface area contributed by atoms with Crippen molar-refractivity contribution < 1.29 is 19.1 Å². The Morgan fingerprint density at radius 1 is 1.09 bits per heavy atom. The largest absolute Gasteiger partial charge is 0.455 e. The standard InChI is InChI=1S/C19H26O4/c1-5-6-7-8-9-18(23-19(21)14(2)3)22-17-12-10-16(11-13-17)15(4)20/h10-13,18H,2,5-9H2,1,3-4H3. The number of carbonyl (C=O) groups is 2. The first-order chi connectivity index (χ1) is 10.9. The van der Waals surface area contributed by atoms with Gasteiger partial charge in [-0.15, -0.1) is 0 Å². The summed E-state index contributed by atoms with van der Waals surface area (Å²) >= 11 is 0. The Morgan fingerprint density at radius 3 is 2.26 bits per heavy atom. The van der Waals surface area contributed by atoms with E-state index in [0.717, 1.165) is 25.7 Å². The molecule has 0 saturated carbocycles. The second-order valence-corrected chi connectivity index (χ2v) is 5.66. The van der Waals surface area contributed by atoms with E-state index in [9.17, 15) is 9.59 Å². The van der Waals surface area contributed by atoms with E-state index >= 15 is 0 Å². The highest BCUT2D eigenvalue weighted by Crippen LogP contribution is 2.18. The fourth-order valence-corrected chi connectivity index (χ4v) is 2.02. The highest BCUT2D eigenvalue weighted by molar-refractivity contribution is 5.94. The van der Waals surface area contributed by atoms with Gasteiger partial charge in [0.1, 0.15) is 5.75 Å². The van der Waals surface area contributed by atoms with Crippen LogP contribution in [-0.2, 0) is 9.53 Å². The molecule has 0 heterocycles. The van der Waals surface area contributed by atoms with E-state index in [1.165, 1.54) is 6.92 Å². The molecule has 1 atom stereocenters. The molecule has 0 N–H and O–H groups in total. The van der Waals surface area contributed by atoms with Crippen LogP contribution in [0.15, 0.2) is 36.4 Å². The van der Waals surface area contributed by atoms with Crippen LogP contribution in [-0.4, -0.2) is 18.0 Å². The van der Waals surface area contributed by atoms with Gasteiger partial charge in [-0.3, -0.25) is 4.79 Å². The molecule has 1 unspecified atom stereocenters. The summed E-state index contributed by atoms with van der Waals surface area (Å²) in [5, 5.41) is 0. The minimum Gasteiger partial charge on any atom is -0.455 e. The van der Waals surface area contributed by atoms with Gasteiger partial charge in [-0.25, -0.2) is 4.79 Å². The molecule has 0 amide bonds. The monoisotopic (exact) mass is 318 g/mol. The molecule has 0 aromatic heterocycles. The maximum atomic E-state index is 11.7. The molecule has 23 heavy (non-hydrogen) atoms. The third-order valence-corrected chi connectivity index (χ3v) is 3.41. The Balaban J connectivity index is 2.67. The second-order valence-electron chi connectivity index (χ2n) is 5.66. The number of rotatable bonds is 10. The summed E-state index contributed by atoms with van der Waals surface area (Å²) in [6, 6.07) is 6.83. The number of benzene rings is 1. The number of hydrogen-bond acceptors (Lipinski definition) is 4. The fraction of sp³-hybridized carbons (Fsp3) is 0.474. The van der Waals surface area contributed by atoms with Crippen LogP contribution in [0.4, 0.5) is 0 Å². The minimum atomic E-state index is -0.640. The van der Waals surface area contributed by atoms with E-state index in [1.54, 1.807) is 31.2 Å². The Morgan fingerprint density at radius 2 is 1.74 bits per heavy atom. The third-order valence-electron chi connectivity index (χ3n) is 3.41. The summed E-state index contributed by atoms with van der Waals surface area (Å²) in [4.78, 5) is 23.0. The number of ketones is 1. The average molecular weight is 318 g/mol. The highest BCUT2D eigenvalue weighted by atomic mass is 16.7. The van der Waals surface area contributed by atoms with E-state index in [2.05, 4.69) is 13.5 Å². The van der Waals surface area contributed by atoms with Gasteiger partial charge in [0, 0.05) is 17.6 Å². The van der Waals surface area contributed by atoms with Gasteiger partial charge in [-0.1, -0.05) is 32.8 Å². The first-order valence-corrected chi connectivity index (χ1v) is 8.08. The maximum absolute atomic E-state index is 11.7. The lowest BCUT2D eigenvalue weighted by Crippen LogP contribution is -2.24. The summed E-state index contributed by atoms with van der Waals surface area (Å²) in [7, 11) is 0. The number of esters is 1. The van der Waals surface area contributed by atoms with Gasteiger partial charge in [0.2, 0.25) is 6.29 Å². The number of Topliss-reactive ketones (excluding diaryl/α,β-unsaturated/α-hetero) is 1. The molecule has 0 fully saturated rings. The molecule has 0 aliphatic rings. The van der Waals surface area contributed by atoms with Crippen LogP contribution < -0.4 is 4.74 Å². The molecule has 0 aliphatic carbocycles. The van der Waals surface area contributed by atoms with Crippen LogP contribution in [0.2, 0.25) is 0 Å². The van der Waals surface area contributed by atoms with Crippen molar-refractivity contribution in [3.8, 4) is 5.75 Å². The van der Waals surface area contributed by atoms with Crippen LogP contribution in [0.5, 0.6) is 5.75 Å².